The lowest BCUT2D eigenvalue weighted by molar-refractivity contribution is -0.116. The maximum absolute atomic E-state index is 13.4. The number of anilines is 2. The molecule has 0 spiro atoms. The van der Waals surface area contributed by atoms with Gasteiger partial charge in [-0.3, -0.25) is 9.10 Å². The number of nitrogens with one attached hydrogen (secondary N) is 1. The first-order chi connectivity index (χ1) is 12.2. The molecule has 2 aromatic carbocycles. The van der Waals surface area contributed by atoms with Crippen LogP contribution in [0.1, 0.15) is 18.4 Å². The smallest absolute Gasteiger partial charge is 0.232 e. The molecule has 0 atom stereocenters. The fraction of sp³-hybridized carbons (Fsp3) is 0.278. The average molecular weight is 382 g/mol. The average Bonchev–Trinajstić information content (AvgIpc) is 2.55. The largest absolute Gasteiger partial charge is 0.326 e. The lowest BCUT2D eigenvalue weighted by Gasteiger charge is -2.22. The van der Waals surface area contributed by atoms with Gasteiger partial charge in [-0.25, -0.2) is 17.2 Å². The molecule has 2 rings (SSSR count). The Morgan fingerprint density at radius 2 is 1.73 bits per heavy atom. The van der Waals surface area contributed by atoms with Crippen LogP contribution in [-0.2, 0) is 14.8 Å². The maximum atomic E-state index is 13.4. The van der Waals surface area contributed by atoms with Crippen molar-refractivity contribution >= 4 is 27.3 Å². The first kappa shape index (κ1) is 19.8. The number of nitrogens with zero attached hydrogens (tertiary/aromatic N) is 1. The Kier molecular flexibility index (Phi) is 6.31. The summed E-state index contributed by atoms with van der Waals surface area (Å²) >= 11 is 0. The minimum Gasteiger partial charge on any atom is -0.326 e. The van der Waals surface area contributed by atoms with Crippen LogP contribution in [0.25, 0.3) is 0 Å². The van der Waals surface area contributed by atoms with Gasteiger partial charge in [-0.05, 0) is 37.6 Å². The van der Waals surface area contributed by atoms with Gasteiger partial charge in [0.1, 0.15) is 0 Å². The van der Waals surface area contributed by atoms with Crippen LogP contribution in [0.3, 0.4) is 0 Å². The van der Waals surface area contributed by atoms with E-state index in [1.807, 2.05) is 19.1 Å². The van der Waals surface area contributed by atoms with Gasteiger partial charge in [-0.15, -0.1) is 0 Å². The highest BCUT2D eigenvalue weighted by atomic mass is 32.2. The van der Waals surface area contributed by atoms with Gasteiger partial charge in [-0.1, -0.05) is 17.7 Å². The van der Waals surface area contributed by atoms with Gasteiger partial charge in [0.05, 0.1) is 11.9 Å². The molecule has 0 fully saturated rings. The van der Waals surface area contributed by atoms with Crippen LogP contribution >= 0.6 is 0 Å². The van der Waals surface area contributed by atoms with Crippen molar-refractivity contribution in [3.8, 4) is 0 Å². The number of halogens is 2. The molecule has 0 aliphatic rings. The molecule has 0 aliphatic carbocycles. The number of amides is 1. The number of hydrogen-bond acceptors (Lipinski definition) is 3. The summed E-state index contributed by atoms with van der Waals surface area (Å²) in [6.45, 7) is 1.91. The number of rotatable bonds is 7. The molecule has 0 bridgehead atoms. The number of hydrogen-bond donors (Lipinski definition) is 1. The summed E-state index contributed by atoms with van der Waals surface area (Å²) in [5.74, 6) is -2.44. The molecule has 1 N–H and O–H groups in total. The Bertz CT molecular complexity index is 884. The molecule has 26 heavy (non-hydrogen) atoms. The molecular weight excluding hydrogens is 362 g/mol. The van der Waals surface area contributed by atoms with Crippen molar-refractivity contribution in [3.05, 3.63) is 59.7 Å². The van der Waals surface area contributed by atoms with Crippen LogP contribution in [-0.4, -0.2) is 27.1 Å². The SMILES string of the molecule is Cc1ccc(NC(=O)CCCN(c2ccc(F)c(F)c2)S(C)(=O)=O)cc1. The molecule has 0 saturated heterocycles. The normalized spacial score (nSPS) is 11.2. The highest BCUT2D eigenvalue weighted by Crippen LogP contribution is 2.21. The molecule has 2 aromatic rings. The molecule has 8 heteroatoms. The summed E-state index contributed by atoms with van der Waals surface area (Å²) in [7, 11) is -3.70. The second kappa shape index (κ2) is 8.27. The quantitative estimate of drug-likeness (QED) is 0.798. The standard InChI is InChI=1S/C18H20F2N2O3S/c1-13-5-7-14(8-6-13)21-18(23)4-3-11-22(26(2,24)25)15-9-10-16(19)17(20)12-15/h5-10,12H,3-4,11H2,1-2H3,(H,21,23). The zero-order valence-corrected chi connectivity index (χ0v) is 15.3. The fourth-order valence-electron chi connectivity index (χ4n) is 2.37. The van der Waals surface area contributed by atoms with Gasteiger partial charge in [0.2, 0.25) is 15.9 Å². The summed E-state index contributed by atoms with van der Waals surface area (Å²) in [4.78, 5) is 12.0. The number of carbonyl (C=O) groups is 1. The predicted molar refractivity (Wildman–Crippen MR) is 97.6 cm³/mol. The first-order valence-corrected chi connectivity index (χ1v) is 9.81. The zero-order valence-electron chi connectivity index (χ0n) is 14.5. The van der Waals surface area contributed by atoms with Crippen molar-refractivity contribution in [3.63, 3.8) is 0 Å². The molecule has 0 aromatic heterocycles. The summed E-state index contributed by atoms with van der Waals surface area (Å²) in [5.41, 5.74) is 1.74. The molecule has 1 amide bonds. The Morgan fingerprint density at radius 1 is 1.08 bits per heavy atom. The Balaban J connectivity index is 1.98. The van der Waals surface area contributed by atoms with Gasteiger partial charge >= 0.3 is 0 Å². The van der Waals surface area contributed by atoms with Crippen molar-refractivity contribution in [1.82, 2.24) is 0 Å². The van der Waals surface area contributed by atoms with E-state index in [1.54, 1.807) is 12.1 Å². The minimum atomic E-state index is -3.70. The fourth-order valence-corrected chi connectivity index (χ4v) is 3.33. The Hall–Kier alpha value is -2.48. The molecule has 0 radical (unpaired) electrons. The van der Waals surface area contributed by atoms with Gasteiger partial charge in [0.15, 0.2) is 11.6 Å². The monoisotopic (exact) mass is 382 g/mol. The molecule has 5 nitrogen and oxygen atoms in total. The van der Waals surface area contributed by atoms with Crippen molar-refractivity contribution in [2.24, 2.45) is 0 Å². The van der Waals surface area contributed by atoms with E-state index in [4.69, 9.17) is 0 Å². The minimum absolute atomic E-state index is 0.0188. The predicted octanol–water partition coefficient (Wildman–Crippen LogP) is 3.46. The molecular formula is C18H20F2N2O3S. The Labute approximate surface area is 151 Å². The van der Waals surface area contributed by atoms with E-state index >= 15 is 0 Å². The molecule has 0 heterocycles. The van der Waals surface area contributed by atoms with Gasteiger partial charge in [-0.2, -0.15) is 0 Å². The molecule has 0 unspecified atom stereocenters. The van der Waals surface area contributed by atoms with Crippen LogP contribution in [0.5, 0.6) is 0 Å². The topological polar surface area (TPSA) is 66.5 Å². The molecule has 0 saturated carbocycles. The Morgan fingerprint density at radius 3 is 2.31 bits per heavy atom. The van der Waals surface area contributed by atoms with Crippen LogP contribution in [0.4, 0.5) is 20.2 Å². The maximum Gasteiger partial charge on any atom is 0.232 e. The van der Waals surface area contributed by atoms with Crippen LogP contribution < -0.4 is 9.62 Å². The van der Waals surface area contributed by atoms with E-state index in [2.05, 4.69) is 5.32 Å². The lowest BCUT2D eigenvalue weighted by atomic mass is 10.2. The van der Waals surface area contributed by atoms with Crippen LogP contribution in [0, 0.1) is 18.6 Å². The molecule has 0 aliphatic heterocycles. The number of carbonyl (C=O) groups excluding carboxylic acids is 1. The third-order valence-corrected chi connectivity index (χ3v) is 4.89. The number of benzene rings is 2. The van der Waals surface area contributed by atoms with Gasteiger partial charge in [0, 0.05) is 24.7 Å². The van der Waals surface area contributed by atoms with Crippen molar-refractivity contribution in [2.75, 3.05) is 22.4 Å². The van der Waals surface area contributed by atoms with Gasteiger partial charge < -0.3 is 5.32 Å². The lowest BCUT2D eigenvalue weighted by Crippen LogP contribution is -2.31. The summed E-state index contributed by atoms with van der Waals surface area (Å²) in [6, 6.07) is 10.2. The zero-order chi connectivity index (χ0) is 19.3. The first-order valence-electron chi connectivity index (χ1n) is 7.96. The van der Waals surface area contributed by atoms with E-state index in [-0.39, 0.29) is 31.0 Å². The number of aryl methyl sites for hydroxylation is 1. The van der Waals surface area contributed by atoms with Crippen LogP contribution in [0.15, 0.2) is 42.5 Å². The van der Waals surface area contributed by atoms with Crippen molar-refractivity contribution in [1.29, 1.82) is 0 Å². The molecule has 140 valence electrons. The van der Waals surface area contributed by atoms with Gasteiger partial charge in [0.25, 0.3) is 0 Å². The van der Waals surface area contributed by atoms with E-state index in [1.165, 1.54) is 6.07 Å². The third-order valence-electron chi connectivity index (χ3n) is 3.69. The number of sulfonamides is 1. The van der Waals surface area contributed by atoms with E-state index in [9.17, 15) is 22.0 Å². The van der Waals surface area contributed by atoms with Crippen molar-refractivity contribution < 1.29 is 22.0 Å². The van der Waals surface area contributed by atoms with Crippen LogP contribution in [0.2, 0.25) is 0 Å². The summed E-state index contributed by atoms with van der Waals surface area (Å²) in [5, 5.41) is 2.72. The summed E-state index contributed by atoms with van der Waals surface area (Å²) < 4.78 is 51.3. The summed E-state index contributed by atoms with van der Waals surface area (Å²) in [6.07, 6.45) is 1.29. The third kappa shape index (κ3) is 5.52. The second-order valence-electron chi connectivity index (χ2n) is 5.95. The second-order valence-corrected chi connectivity index (χ2v) is 7.86. The van der Waals surface area contributed by atoms with E-state index in [0.29, 0.717) is 5.69 Å². The van der Waals surface area contributed by atoms with E-state index in [0.717, 1.165) is 28.3 Å². The van der Waals surface area contributed by atoms with Crippen molar-refractivity contribution in [2.45, 2.75) is 19.8 Å². The highest BCUT2D eigenvalue weighted by molar-refractivity contribution is 7.92. The van der Waals surface area contributed by atoms with E-state index < -0.39 is 21.7 Å². The highest BCUT2D eigenvalue weighted by Gasteiger charge is 2.19.